The summed E-state index contributed by atoms with van der Waals surface area (Å²) in [6, 6.07) is 10.2. The fourth-order valence-electron chi connectivity index (χ4n) is 2.43. The van der Waals surface area contributed by atoms with Gasteiger partial charge in [-0.05, 0) is 36.2 Å². The van der Waals surface area contributed by atoms with Crippen LogP contribution in [0.15, 0.2) is 59.5 Å². The van der Waals surface area contributed by atoms with E-state index in [-0.39, 0.29) is 17.7 Å². The van der Waals surface area contributed by atoms with Crippen molar-refractivity contribution in [2.24, 2.45) is 0 Å². The number of hydrogen-bond donors (Lipinski definition) is 3. The Bertz CT molecular complexity index is 872. The number of rotatable bonds is 8. The van der Waals surface area contributed by atoms with E-state index in [1.807, 2.05) is 0 Å². The molecule has 0 bridgehead atoms. The zero-order valence-electron chi connectivity index (χ0n) is 14.9. The van der Waals surface area contributed by atoms with Crippen molar-refractivity contribution in [1.82, 2.24) is 5.32 Å². The maximum absolute atomic E-state index is 12.6. The molecule has 0 unspecified atom stereocenters. The van der Waals surface area contributed by atoms with Crippen LogP contribution in [0.5, 0.6) is 0 Å². The summed E-state index contributed by atoms with van der Waals surface area (Å²) in [6.07, 6.45) is -6.57. The Labute approximate surface area is 166 Å². The summed E-state index contributed by atoms with van der Waals surface area (Å²) in [7, 11) is -1.48. The standard InChI is InChI=1S/C19H18F3NO5S/c20-19(21,22)13-8-6-12(7-9-13)16(24)17(25)23-15(18(26)27)10-11-29(28)14-4-2-1-3-5-14/h1-9,15-16,24H,10-11H2,(H,23,25)(H,26,27)/t15-,16+,29+/m0/s1. The van der Waals surface area contributed by atoms with E-state index in [2.05, 4.69) is 5.32 Å². The quantitative estimate of drug-likeness (QED) is 0.598. The van der Waals surface area contributed by atoms with Gasteiger partial charge < -0.3 is 15.5 Å². The summed E-state index contributed by atoms with van der Waals surface area (Å²) in [5, 5.41) is 21.4. The molecule has 29 heavy (non-hydrogen) atoms. The van der Waals surface area contributed by atoms with Crippen LogP contribution in [-0.4, -0.2) is 38.1 Å². The molecule has 3 N–H and O–H groups in total. The molecule has 10 heteroatoms. The second-order valence-corrected chi connectivity index (χ2v) is 7.64. The van der Waals surface area contributed by atoms with Crippen molar-refractivity contribution in [2.45, 2.75) is 29.6 Å². The predicted molar refractivity (Wildman–Crippen MR) is 98.3 cm³/mol. The molecule has 0 heterocycles. The molecule has 2 aromatic rings. The Morgan fingerprint density at radius 2 is 1.62 bits per heavy atom. The highest BCUT2D eigenvalue weighted by molar-refractivity contribution is 7.85. The predicted octanol–water partition coefficient (Wildman–Crippen LogP) is 2.51. The van der Waals surface area contributed by atoms with Gasteiger partial charge in [-0.2, -0.15) is 13.2 Å². The van der Waals surface area contributed by atoms with Gasteiger partial charge >= 0.3 is 12.1 Å². The molecule has 6 nitrogen and oxygen atoms in total. The van der Waals surface area contributed by atoms with Gasteiger partial charge in [0.25, 0.3) is 5.91 Å². The molecule has 0 spiro atoms. The van der Waals surface area contributed by atoms with Crippen molar-refractivity contribution >= 4 is 22.7 Å². The van der Waals surface area contributed by atoms with Crippen LogP contribution in [0.3, 0.4) is 0 Å². The van der Waals surface area contributed by atoms with Crippen LogP contribution < -0.4 is 5.32 Å². The molecule has 156 valence electrons. The summed E-state index contributed by atoms with van der Waals surface area (Å²) >= 11 is 0. The van der Waals surface area contributed by atoms with Crippen LogP contribution in [0, 0.1) is 0 Å². The molecule has 3 atom stereocenters. The molecule has 2 aromatic carbocycles. The molecule has 1 amide bonds. The number of aliphatic hydroxyl groups excluding tert-OH is 1. The first kappa shape index (κ1) is 22.6. The second kappa shape index (κ2) is 9.66. The summed E-state index contributed by atoms with van der Waals surface area (Å²) in [6.45, 7) is 0. The lowest BCUT2D eigenvalue weighted by molar-refractivity contribution is -0.143. The monoisotopic (exact) mass is 429 g/mol. The molecule has 0 fully saturated rings. The van der Waals surface area contributed by atoms with E-state index < -0.39 is 46.6 Å². The van der Waals surface area contributed by atoms with Gasteiger partial charge in [-0.3, -0.25) is 9.00 Å². The van der Waals surface area contributed by atoms with E-state index in [0.717, 1.165) is 12.1 Å². The average Bonchev–Trinajstić information content (AvgIpc) is 2.70. The molecule has 0 aliphatic rings. The molecule has 0 aromatic heterocycles. The number of hydrogen-bond acceptors (Lipinski definition) is 4. The first-order valence-corrected chi connectivity index (χ1v) is 9.73. The second-order valence-electron chi connectivity index (χ2n) is 6.07. The Morgan fingerprint density at radius 1 is 1.03 bits per heavy atom. The van der Waals surface area contributed by atoms with E-state index in [1.54, 1.807) is 30.3 Å². The van der Waals surface area contributed by atoms with Crippen LogP contribution in [-0.2, 0) is 26.6 Å². The molecule has 2 rings (SSSR count). The van der Waals surface area contributed by atoms with Gasteiger partial charge in [0.2, 0.25) is 0 Å². The number of halogens is 3. The number of carboxylic acids is 1. The highest BCUT2D eigenvalue weighted by Crippen LogP contribution is 2.30. The maximum Gasteiger partial charge on any atom is 0.416 e. The third-order valence-electron chi connectivity index (χ3n) is 4.01. The van der Waals surface area contributed by atoms with E-state index in [0.29, 0.717) is 17.0 Å². The van der Waals surface area contributed by atoms with Crippen LogP contribution >= 0.6 is 0 Å². The van der Waals surface area contributed by atoms with Crippen molar-refractivity contribution in [2.75, 3.05) is 5.75 Å². The molecule has 0 aliphatic heterocycles. The van der Waals surface area contributed by atoms with Crippen LogP contribution in [0.1, 0.15) is 23.7 Å². The first-order valence-electron chi connectivity index (χ1n) is 8.41. The van der Waals surface area contributed by atoms with Crippen molar-refractivity contribution < 1.29 is 37.2 Å². The number of amides is 1. The van der Waals surface area contributed by atoms with Gasteiger partial charge in [0.05, 0.1) is 16.4 Å². The Kier molecular flexibility index (Phi) is 7.52. The largest absolute Gasteiger partial charge is 0.480 e. The molecule has 0 saturated heterocycles. The molecular weight excluding hydrogens is 411 g/mol. The minimum absolute atomic E-state index is 0.0440. The van der Waals surface area contributed by atoms with Crippen LogP contribution in [0.25, 0.3) is 0 Å². The number of nitrogens with one attached hydrogen (secondary N) is 1. The lowest BCUT2D eigenvalue weighted by Crippen LogP contribution is -2.43. The normalized spacial score (nSPS) is 14.6. The number of aliphatic carboxylic acids is 1. The Morgan fingerprint density at radius 3 is 2.14 bits per heavy atom. The van der Waals surface area contributed by atoms with E-state index in [4.69, 9.17) is 0 Å². The zero-order chi connectivity index (χ0) is 21.6. The fourth-order valence-corrected chi connectivity index (χ4v) is 3.57. The topological polar surface area (TPSA) is 104 Å². The van der Waals surface area contributed by atoms with Gasteiger partial charge in [0, 0.05) is 10.6 Å². The minimum atomic E-state index is -4.56. The Hall–Kier alpha value is -2.72. The fraction of sp³-hybridized carbons (Fsp3) is 0.263. The van der Waals surface area contributed by atoms with Gasteiger partial charge in [-0.25, -0.2) is 4.79 Å². The molecule has 0 aliphatic carbocycles. The molecular formula is C19H18F3NO5S. The number of carboxylic acid groups (broad SMARTS) is 1. The average molecular weight is 429 g/mol. The SMILES string of the molecule is O=C(O)[C@H](CC[S@@](=O)c1ccccc1)NC(=O)[C@H](O)c1ccc(C(F)(F)F)cc1. The number of aliphatic hydroxyl groups is 1. The van der Waals surface area contributed by atoms with E-state index >= 15 is 0 Å². The Balaban J connectivity index is 1.99. The summed E-state index contributed by atoms with van der Waals surface area (Å²) in [5.74, 6) is -2.51. The maximum atomic E-state index is 12.6. The third kappa shape index (κ3) is 6.40. The third-order valence-corrected chi connectivity index (χ3v) is 5.42. The number of carbonyl (C=O) groups is 2. The highest BCUT2D eigenvalue weighted by atomic mass is 32.2. The number of alkyl halides is 3. The van der Waals surface area contributed by atoms with Gasteiger partial charge in [0.1, 0.15) is 6.04 Å². The lowest BCUT2D eigenvalue weighted by Gasteiger charge is -2.18. The molecule has 0 radical (unpaired) electrons. The van der Waals surface area contributed by atoms with Crippen molar-refractivity contribution in [3.63, 3.8) is 0 Å². The van der Waals surface area contributed by atoms with Crippen molar-refractivity contribution in [1.29, 1.82) is 0 Å². The zero-order valence-corrected chi connectivity index (χ0v) is 15.7. The lowest BCUT2D eigenvalue weighted by atomic mass is 10.1. The van der Waals surface area contributed by atoms with Gasteiger partial charge in [-0.1, -0.05) is 30.3 Å². The summed E-state index contributed by atoms with van der Waals surface area (Å²) in [4.78, 5) is 24.0. The van der Waals surface area contributed by atoms with Crippen LogP contribution in [0.4, 0.5) is 13.2 Å². The van der Waals surface area contributed by atoms with Gasteiger partial charge in [-0.15, -0.1) is 0 Å². The van der Waals surface area contributed by atoms with E-state index in [9.17, 15) is 37.2 Å². The highest BCUT2D eigenvalue weighted by Gasteiger charge is 2.31. The number of benzene rings is 2. The summed E-state index contributed by atoms with van der Waals surface area (Å²) in [5.41, 5.74) is -1.06. The van der Waals surface area contributed by atoms with Gasteiger partial charge in [0.15, 0.2) is 6.10 Å². The summed E-state index contributed by atoms with van der Waals surface area (Å²) < 4.78 is 49.9. The van der Waals surface area contributed by atoms with Crippen molar-refractivity contribution in [3.8, 4) is 0 Å². The van der Waals surface area contributed by atoms with Crippen molar-refractivity contribution in [3.05, 3.63) is 65.7 Å². The molecule has 0 saturated carbocycles. The minimum Gasteiger partial charge on any atom is -0.480 e. The smallest absolute Gasteiger partial charge is 0.416 e. The van der Waals surface area contributed by atoms with E-state index in [1.165, 1.54) is 0 Å². The first-order chi connectivity index (χ1) is 13.6. The van der Waals surface area contributed by atoms with Crippen LogP contribution in [0.2, 0.25) is 0 Å². The number of carbonyl (C=O) groups excluding carboxylic acids is 1.